The van der Waals surface area contributed by atoms with Crippen molar-refractivity contribution in [1.29, 1.82) is 0 Å². The van der Waals surface area contributed by atoms with Crippen LogP contribution in [-0.2, 0) is 48.0 Å². The largest absolute Gasteiger partial charge is 0.508 e. The third-order valence-electron chi connectivity index (χ3n) is 11.1. The van der Waals surface area contributed by atoms with E-state index in [2.05, 4.69) is 31.9 Å². The molecule has 3 aromatic carbocycles. The number of urea groups is 1. The Hall–Kier alpha value is -6.65. The van der Waals surface area contributed by atoms with E-state index in [9.17, 15) is 48.9 Å². The highest BCUT2D eigenvalue weighted by molar-refractivity contribution is 5.96. The molecular formula is C45H59N7O10. The maximum Gasteiger partial charge on any atom is 0.326 e. The normalized spacial score (nSPS) is 22.0. The zero-order chi connectivity index (χ0) is 45.3. The lowest BCUT2D eigenvalue weighted by atomic mass is 9.96. The molecule has 17 heteroatoms. The molecule has 7 atom stereocenters. The number of rotatable bonds is 12. The molecule has 334 valence electrons. The van der Waals surface area contributed by atoms with Gasteiger partial charge in [-0.05, 0) is 85.9 Å². The van der Waals surface area contributed by atoms with Crippen LogP contribution >= 0.6 is 0 Å². The van der Waals surface area contributed by atoms with Gasteiger partial charge in [-0.15, -0.1) is 0 Å². The zero-order valence-electron chi connectivity index (χ0n) is 35.6. The van der Waals surface area contributed by atoms with Gasteiger partial charge in [-0.2, -0.15) is 0 Å². The van der Waals surface area contributed by atoms with Crippen LogP contribution in [0.3, 0.4) is 0 Å². The van der Waals surface area contributed by atoms with E-state index in [-0.39, 0.29) is 50.1 Å². The van der Waals surface area contributed by atoms with Crippen LogP contribution in [-0.4, -0.2) is 112 Å². The Labute approximate surface area is 361 Å². The van der Waals surface area contributed by atoms with E-state index in [4.69, 9.17) is 0 Å². The molecule has 1 heterocycles. The predicted molar refractivity (Wildman–Crippen MR) is 230 cm³/mol. The number of phenols is 2. The smallest absolute Gasteiger partial charge is 0.326 e. The first-order valence-electron chi connectivity index (χ1n) is 20.9. The molecule has 0 aliphatic carbocycles. The number of carboxylic acids is 1. The van der Waals surface area contributed by atoms with Crippen LogP contribution in [0.2, 0.25) is 0 Å². The second-order valence-electron chi connectivity index (χ2n) is 15.7. The maximum atomic E-state index is 14.3. The molecule has 62 heavy (non-hydrogen) atoms. The Morgan fingerprint density at radius 3 is 2.00 bits per heavy atom. The Morgan fingerprint density at radius 1 is 0.774 bits per heavy atom. The highest BCUT2D eigenvalue weighted by Crippen LogP contribution is 2.17. The highest BCUT2D eigenvalue weighted by atomic mass is 16.4. The number of amides is 7. The summed E-state index contributed by atoms with van der Waals surface area (Å²) in [7, 11) is 1.43. The SMILES string of the molecule is CCC(C)C1NC(=O)C(NC(=O)N[C@@H](Cc2ccc(O)cc2)C(=O)O)CCCCNC(=O)[C@H](Cc2ccccc2)NC(=O)[C@H](C)N(C)C(=O)C(CCc2ccc(O)cc2)NC1=O. The summed E-state index contributed by atoms with van der Waals surface area (Å²) >= 11 is 0. The van der Waals surface area contributed by atoms with Crippen molar-refractivity contribution in [3.63, 3.8) is 0 Å². The fourth-order valence-corrected chi connectivity index (χ4v) is 6.92. The molecule has 0 bridgehead atoms. The third-order valence-corrected chi connectivity index (χ3v) is 11.1. The lowest BCUT2D eigenvalue weighted by Crippen LogP contribution is -2.60. The average Bonchev–Trinajstić information content (AvgIpc) is 3.25. The molecule has 17 nitrogen and oxygen atoms in total. The van der Waals surface area contributed by atoms with Crippen LogP contribution in [0.5, 0.6) is 11.5 Å². The number of carbonyl (C=O) groups is 7. The fourth-order valence-electron chi connectivity index (χ4n) is 6.92. The lowest BCUT2D eigenvalue weighted by Gasteiger charge is -2.32. The molecule has 1 saturated heterocycles. The zero-order valence-corrected chi connectivity index (χ0v) is 35.6. The molecule has 3 aromatic rings. The summed E-state index contributed by atoms with van der Waals surface area (Å²) in [5.74, 6) is -4.84. The van der Waals surface area contributed by atoms with Gasteiger partial charge in [-0.25, -0.2) is 9.59 Å². The number of aromatic hydroxyl groups is 2. The number of aliphatic carboxylic acids is 1. The molecule has 0 saturated carbocycles. The van der Waals surface area contributed by atoms with Crippen molar-refractivity contribution < 1.29 is 48.9 Å². The second kappa shape index (κ2) is 23.4. The number of benzene rings is 3. The van der Waals surface area contributed by atoms with Crippen LogP contribution in [0.1, 0.15) is 69.6 Å². The summed E-state index contributed by atoms with van der Waals surface area (Å²) in [6.07, 6.45) is 1.49. The molecule has 4 unspecified atom stereocenters. The Morgan fingerprint density at radius 2 is 1.39 bits per heavy atom. The van der Waals surface area contributed by atoms with Gasteiger partial charge in [-0.1, -0.05) is 74.9 Å². The fraction of sp³-hybridized carbons (Fsp3) is 0.444. The minimum atomic E-state index is -1.40. The Balaban J connectivity index is 1.65. The van der Waals surface area contributed by atoms with Gasteiger partial charge in [0.25, 0.3) is 0 Å². The van der Waals surface area contributed by atoms with E-state index < -0.39 is 83.7 Å². The van der Waals surface area contributed by atoms with Crippen LogP contribution in [0.25, 0.3) is 0 Å². The molecule has 1 fully saturated rings. The maximum absolute atomic E-state index is 14.3. The van der Waals surface area contributed by atoms with E-state index in [0.717, 1.165) is 11.1 Å². The van der Waals surface area contributed by atoms with Gasteiger partial charge in [0, 0.05) is 26.4 Å². The van der Waals surface area contributed by atoms with Gasteiger partial charge in [-0.3, -0.25) is 24.0 Å². The van der Waals surface area contributed by atoms with Crippen molar-refractivity contribution in [3.05, 3.63) is 95.6 Å². The number of carboxylic acid groups (broad SMARTS) is 1. The Kier molecular flexibility index (Phi) is 18.1. The van der Waals surface area contributed by atoms with Crippen LogP contribution in [0.15, 0.2) is 78.9 Å². The van der Waals surface area contributed by atoms with Crippen molar-refractivity contribution in [2.45, 2.75) is 108 Å². The van der Waals surface area contributed by atoms with Crippen LogP contribution in [0, 0.1) is 5.92 Å². The Bertz CT molecular complexity index is 2000. The number of phenolic OH excluding ortho intramolecular Hbond substituents is 2. The van der Waals surface area contributed by atoms with E-state index in [0.29, 0.717) is 24.8 Å². The van der Waals surface area contributed by atoms with Gasteiger partial charge < -0.3 is 52.1 Å². The van der Waals surface area contributed by atoms with Crippen molar-refractivity contribution in [2.24, 2.45) is 5.92 Å². The minimum Gasteiger partial charge on any atom is -0.508 e. The summed E-state index contributed by atoms with van der Waals surface area (Å²) in [6.45, 7) is 5.23. The number of carbonyl (C=O) groups excluding carboxylic acids is 6. The van der Waals surface area contributed by atoms with E-state index in [1.54, 1.807) is 19.1 Å². The summed E-state index contributed by atoms with van der Waals surface area (Å²) in [5.41, 5.74) is 2.06. The van der Waals surface area contributed by atoms with E-state index in [1.165, 1.54) is 55.3 Å². The van der Waals surface area contributed by atoms with Gasteiger partial charge in [0.05, 0.1) is 0 Å². The summed E-state index contributed by atoms with van der Waals surface area (Å²) < 4.78 is 0. The standard InChI is InChI=1S/C45H59N7O10/c1-5-27(2)38-42(58)47-35(23-18-29-14-19-32(53)20-15-29)43(59)52(4)28(3)39(55)48-36(25-30-11-7-6-8-12-30)40(56)46-24-10-9-13-34(41(57)51-38)49-45(62)50-37(44(60)61)26-31-16-21-33(54)22-17-31/h6-8,11-12,14-17,19-22,27-28,34-38,53-54H,5,9-10,13,18,23-26H2,1-4H3,(H,46,56)(H,47,58)(H,48,55)(H,51,57)(H,60,61)(H2,49,50,62)/t27?,28-,34?,35?,36-,37-,38?/m0/s1. The number of aryl methyl sites for hydroxylation is 1. The highest BCUT2D eigenvalue weighted by Gasteiger charge is 2.36. The van der Waals surface area contributed by atoms with E-state index in [1.807, 2.05) is 37.3 Å². The van der Waals surface area contributed by atoms with Gasteiger partial charge >= 0.3 is 12.0 Å². The summed E-state index contributed by atoms with van der Waals surface area (Å²) in [5, 5.41) is 45.6. The first-order chi connectivity index (χ1) is 29.6. The molecule has 1 aliphatic rings. The number of likely N-dealkylation sites (N-methyl/N-ethyl adjacent to an activating group) is 1. The molecule has 9 N–H and O–H groups in total. The number of nitrogens with zero attached hydrogens (tertiary/aromatic N) is 1. The predicted octanol–water partition coefficient (Wildman–Crippen LogP) is 2.28. The molecule has 4 rings (SSSR count). The summed E-state index contributed by atoms with van der Waals surface area (Å²) in [6, 6.07) is 13.2. The third kappa shape index (κ3) is 14.5. The second-order valence-corrected chi connectivity index (χ2v) is 15.7. The van der Waals surface area contributed by atoms with Crippen molar-refractivity contribution in [1.82, 2.24) is 36.8 Å². The topological polar surface area (TPSA) is 256 Å². The monoisotopic (exact) mass is 857 g/mol. The molecule has 0 spiro atoms. The van der Waals surface area contributed by atoms with Crippen molar-refractivity contribution in [3.8, 4) is 11.5 Å². The molecular weight excluding hydrogens is 799 g/mol. The average molecular weight is 858 g/mol. The first kappa shape index (κ1) is 48.0. The number of hydrogen-bond acceptors (Lipinski definition) is 9. The summed E-state index contributed by atoms with van der Waals surface area (Å²) in [4.78, 5) is 96.7. The van der Waals surface area contributed by atoms with Crippen molar-refractivity contribution in [2.75, 3.05) is 13.6 Å². The van der Waals surface area contributed by atoms with Gasteiger partial charge in [0.1, 0.15) is 47.8 Å². The van der Waals surface area contributed by atoms with E-state index >= 15 is 0 Å². The molecule has 0 radical (unpaired) electrons. The molecule has 7 amide bonds. The molecule has 1 aliphatic heterocycles. The van der Waals surface area contributed by atoms with Crippen LogP contribution in [0.4, 0.5) is 4.79 Å². The first-order valence-corrected chi connectivity index (χ1v) is 20.9. The van der Waals surface area contributed by atoms with Gasteiger partial charge in [0.15, 0.2) is 0 Å². The van der Waals surface area contributed by atoms with Crippen LogP contribution < -0.4 is 31.9 Å². The quantitative estimate of drug-likeness (QED) is 0.129. The van der Waals surface area contributed by atoms with Gasteiger partial charge in [0.2, 0.25) is 29.5 Å². The minimum absolute atomic E-state index is 0.0141. The lowest BCUT2D eigenvalue weighted by molar-refractivity contribution is -0.142. The van der Waals surface area contributed by atoms with Crippen molar-refractivity contribution >= 4 is 41.5 Å². The molecule has 0 aromatic heterocycles. The number of hydrogen-bond donors (Lipinski definition) is 9. The number of nitrogens with one attached hydrogen (secondary N) is 6.